The van der Waals surface area contributed by atoms with E-state index in [-0.39, 0.29) is 0 Å². The zero-order chi connectivity index (χ0) is 14.9. The van der Waals surface area contributed by atoms with Crippen molar-refractivity contribution in [3.8, 4) is 22.8 Å². The van der Waals surface area contributed by atoms with Crippen LogP contribution in [0, 0.1) is 6.07 Å². The number of benzene rings is 2. The fourth-order valence-corrected chi connectivity index (χ4v) is 2.72. The average Bonchev–Trinajstić information content (AvgIpc) is 3.17. The minimum absolute atomic E-state index is 0.298. The number of nitrogens with zero attached hydrogens (tertiary/aromatic N) is 1. The monoisotopic (exact) mass is 310 g/mol. The van der Waals surface area contributed by atoms with Gasteiger partial charge in [-0.25, -0.2) is 0 Å². The van der Waals surface area contributed by atoms with Gasteiger partial charge in [-0.3, -0.25) is 0 Å². The van der Waals surface area contributed by atoms with Crippen molar-refractivity contribution in [3.05, 3.63) is 71.4 Å². The number of hydrogen-bond donors (Lipinski definition) is 0. The molecule has 3 aromatic rings. The van der Waals surface area contributed by atoms with Gasteiger partial charge in [0.1, 0.15) is 0 Å². The second kappa shape index (κ2) is 5.43. The highest BCUT2D eigenvalue weighted by molar-refractivity contribution is 6.30. The Kier molecular flexibility index (Phi) is 3.28. The van der Waals surface area contributed by atoms with Crippen molar-refractivity contribution in [1.29, 1.82) is 0 Å². The van der Waals surface area contributed by atoms with E-state index in [1.807, 2.05) is 48.7 Å². The fraction of sp³-hybridized carbons (Fsp3) is 0.111. The fourth-order valence-electron chi connectivity index (χ4n) is 2.60. The lowest BCUT2D eigenvalue weighted by atomic mass is 10.1. The molecule has 0 saturated heterocycles. The highest BCUT2D eigenvalue weighted by Crippen LogP contribution is 2.33. The highest BCUT2D eigenvalue weighted by atomic mass is 35.5. The summed E-state index contributed by atoms with van der Waals surface area (Å²) >= 11 is 5.96. The average molecular weight is 311 g/mol. The summed E-state index contributed by atoms with van der Waals surface area (Å²) in [4.78, 5) is 0. The van der Waals surface area contributed by atoms with E-state index in [1.54, 1.807) is 0 Å². The molecule has 0 amide bonds. The largest absolute Gasteiger partial charge is 0.454 e. The van der Waals surface area contributed by atoms with Crippen LogP contribution in [-0.2, 0) is 6.54 Å². The Morgan fingerprint density at radius 3 is 2.73 bits per heavy atom. The molecule has 2 heterocycles. The highest BCUT2D eigenvalue weighted by Gasteiger charge is 2.13. The van der Waals surface area contributed by atoms with Gasteiger partial charge in [0.25, 0.3) is 0 Å². The van der Waals surface area contributed by atoms with Gasteiger partial charge >= 0.3 is 0 Å². The molecule has 0 spiro atoms. The standard InChI is InChI=1S/C18H13ClNO2/c19-15-6-4-14(5-7-15)16-2-1-9-20(16)11-13-3-8-17-18(10-13)22-12-21-17/h2-10H,11-12H2. The Morgan fingerprint density at radius 1 is 1.05 bits per heavy atom. The SMILES string of the molecule is Clc1ccc(-c2c[c]cn2Cc2ccc3c(c2)OCO3)cc1. The van der Waals surface area contributed by atoms with Crippen LogP contribution in [-0.4, -0.2) is 11.4 Å². The van der Waals surface area contributed by atoms with Gasteiger partial charge in [-0.1, -0.05) is 29.8 Å². The Hall–Kier alpha value is -2.39. The maximum Gasteiger partial charge on any atom is 0.231 e. The second-order valence-corrected chi connectivity index (χ2v) is 5.58. The number of fused-ring (bicyclic) bond motifs is 1. The van der Waals surface area contributed by atoms with Crippen molar-refractivity contribution >= 4 is 11.6 Å². The number of halogens is 1. The molecule has 0 N–H and O–H groups in total. The number of hydrogen-bond acceptors (Lipinski definition) is 2. The van der Waals surface area contributed by atoms with Crippen LogP contribution in [0.5, 0.6) is 11.5 Å². The first kappa shape index (κ1) is 13.3. The minimum atomic E-state index is 0.298. The molecule has 1 aliphatic heterocycles. The molecule has 0 atom stereocenters. The summed E-state index contributed by atoms with van der Waals surface area (Å²) < 4.78 is 12.9. The summed E-state index contributed by atoms with van der Waals surface area (Å²) in [6.07, 6.45) is 1.95. The van der Waals surface area contributed by atoms with Crippen molar-refractivity contribution in [3.63, 3.8) is 0 Å². The molecule has 1 aliphatic rings. The lowest BCUT2D eigenvalue weighted by Gasteiger charge is -2.10. The molecule has 109 valence electrons. The van der Waals surface area contributed by atoms with Crippen LogP contribution in [0.25, 0.3) is 11.3 Å². The van der Waals surface area contributed by atoms with Gasteiger partial charge in [0, 0.05) is 29.5 Å². The normalized spacial score (nSPS) is 12.6. The topological polar surface area (TPSA) is 23.4 Å². The Bertz CT molecular complexity index is 808. The molecule has 1 radical (unpaired) electrons. The Balaban J connectivity index is 1.64. The van der Waals surface area contributed by atoms with E-state index in [9.17, 15) is 0 Å². The third kappa shape index (κ3) is 2.44. The molecular weight excluding hydrogens is 298 g/mol. The molecule has 0 aliphatic carbocycles. The van der Waals surface area contributed by atoms with E-state index in [0.29, 0.717) is 6.79 Å². The van der Waals surface area contributed by atoms with Gasteiger partial charge in [-0.05, 0) is 41.5 Å². The second-order valence-electron chi connectivity index (χ2n) is 5.15. The van der Waals surface area contributed by atoms with Gasteiger partial charge in [0.2, 0.25) is 6.79 Å². The van der Waals surface area contributed by atoms with Gasteiger partial charge in [0.05, 0.1) is 0 Å². The van der Waals surface area contributed by atoms with Crippen molar-refractivity contribution < 1.29 is 9.47 Å². The van der Waals surface area contributed by atoms with E-state index < -0.39 is 0 Å². The van der Waals surface area contributed by atoms with E-state index >= 15 is 0 Å². The van der Waals surface area contributed by atoms with Crippen LogP contribution >= 0.6 is 11.6 Å². The molecule has 1 aromatic heterocycles. The predicted octanol–water partition coefficient (Wildman–Crippen LogP) is 4.39. The third-order valence-corrected chi connectivity index (χ3v) is 3.94. The molecule has 0 fully saturated rings. The van der Waals surface area contributed by atoms with Crippen LogP contribution in [0.3, 0.4) is 0 Å². The quantitative estimate of drug-likeness (QED) is 0.716. The minimum Gasteiger partial charge on any atom is -0.454 e. The molecule has 22 heavy (non-hydrogen) atoms. The van der Waals surface area contributed by atoms with Crippen LogP contribution in [0.2, 0.25) is 5.02 Å². The third-order valence-electron chi connectivity index (χ3n) is 3.69. The van der Waals surface area contributed by atoms with Crippen molar-refractivity contribution in [2.45, 2.75) is 6.54 Å². The van der Waals surface area contributed by atoms with Gasteiger partial charge in [0.15, 0.2) is 11.5 Å². The molecule has 2 aromatic carbocycles. The number of ether oxygens (including phenoxy) is 2. The molecule has 4 rings (SSSR count). The predicted molar refractivity (Wildman–Crippen MR) is 85.4 cm³/mol. The van der Waals surface area contributed by atoms with Gasteiger partial charge < -0.3 is 14.0 Å². The van der Waals surface area contributed by atoms with Crippen LogP contribution in [0.15, 0.2) is 54.7 Å². The lowest BCUT2D eigenvalue weighted by Crippen LogP contribution is -2.00. The Labute approximate surface area is 133 Å². The maximum absolute atomic E-state index is 5.96. The zero-order valence-corrected chi connectivity index (χ0v) is 12.5. The first-order chi connectivity index (χ1) is 10.8. The Morgan fingerprint density at radius 2 is 1.86 bits per heavy atom. The number of rotatable bonds is 3. The molecular formula is C18H13ClNO2. The summed E-state index contributed by atoms with van der Waals surface area (Å²) in [7, 11) is 0. The van der Waals surface area contributed by atoms with Crippen molar-refractivity contribution in [2.24, 2.45) is 0 Å². The van der Waals surface area contributed by atoms with Gasteiger partial charge in [-0.15, -0.1) is 0 Å². The van der Waals surface area contributed by atoms with Crippen LogP contribution in [0.4, 0.5) is 0 Å². The smallest absolute Gasteiger partial charge is 0.231 e. The molecule has 0 bridgehead atoms. The van der Waals surface area contributed by atoms with Crippen LogP contribution < -0.4 is 9.47 Å². The van der Waals surface area contributed by atoms with Crippen molar-refractivity contribution in [2.75, 3.05) is 6.79 Å². The molecule has 0 unspecified atom stereocenters. The van der Waals surface area contributed by atoms with Crippen molar-refractivity contribution in [1.82, 2.24) is 4.57 Å². The van der Waals surface area contributed by atoms with E-state index in [1.165, 1.54) is 0 Å². The van der Waals surface area contributed by atoms with E-state index in [2.05, 4.69) is 16.7 Å². The summed E-state index contributed by atoms with van der Waals surface area (Å²) in [5.41, 5.74) is 3.38. The summed E-state index contributed by atoms with van der Waals surface area (Å²) in [6, 6.07) is 19.0. The molecule has 3 nitrogen and oxygen atoms in total. The first-order valence-electron chi connectivity index (χ1n) is 7.00. The first-order valence-corrected chi connectivity index (χ1v) is 7.38. The lowest BCUT2D eigenvalue weighted by molar-refractivity contribution is 0.174. The zero-order valence-electron chi connectivity index (χ0n) is 11.8. The van der Waals surface area contributed by atoms with E-state index in [4.69, 9.17) is 21.1 Å². The van der Waals surface area contributed by atoms with Crippen LogP contribution in [0.1, 0.15) is 5.56 Å². The maximum atomic E-state index is 5.96. The molecule has 0 saturated carbocycles. The summed E-state index contributed by atoms with van der Waals surface area (Å²) in [6.45, 7) is 1.05. The summed E-state index contributed by atoms with van der Waals surface area (Å²) in [5.74, 6) is 1.61. The number of aromatic nitrogens is 1. The molecule has 4 heteroatoms. The van der Waals surface area contributed by atoms with Gasteiger partial charge in [-0.2, -0.15) is 0 Å². The van der Waals surface area contributed by atoms with E-state index in [0.717, 1.165) is 39.9 Å². The summed E-state index contributed by atoms with van der Waals surface area (Å²) in [5, 5.41) is 0.738.